The molecule has 1 aliphatic heterocycles. The second-order valence-electron chi connectivity index (χ2n) is 11.9. The summed E-state index contributed by atoms with van der Waals surface area (Å²) in [5.41, 5.74) is 5.21. The molecule has 0 bridgehead atoms. The topological polar surface area (TPSA) is 122 Å². The fourth-order valence-electron chi connectivity index (χ4n) is 5.78. The quantitative estimate of drug-likeness (QED) is 0.204. The van der Waals surface area contributed by atoms with Crippen LogP contribution in [0.4, 0.5) is 0 Å². The number of sulfonamides is 1. The number of nitrogens with one attached hydrogen (secondary N) is 1. The molecule has 1 fully saturated rings. The Labute approximate surface area is 277 Å². The highest BCUT2D eigenvalue weighted by atomic mass is 32.2. The van der Waals surface area contributed by atoms with Crippen molar-refractivity contribution in [2.45, 2.75) is 37.1 Å². The van der Waals surface area contributed by atoms with Crippen LogP contribution in [0.1, 0.15) is 39.9 Å². The Balaban J connectivity index is 1.29. The van der Waals surface area contributed by atoms with Crippen molar-refractivity contribution in [3.8, 4) is 16.9 Å². The maximum absolute atomic E-state index is 13.7. The van der Waals surface area contributed by atoms with Gasteiger partial charge in [-0.2, -0.15) is 0 Å². The van der Waals surface area contributed by atoms with E-state index in [4.69, 9.17) is 9.88 Å². The predicted octanol–water partition coefficient (Wildman–Crippen LogP) is 4.65. The minimum atomic E-state index is -3.78. The molecule has 5 rings (SSSR count). The number of likely N-dealkylation sites (tertiary alicyclic amines) is 1. The summed E-state index contributed by atoms with van der Waals surface area (Å²) in [6, 6.07) is 29.5. The van der Waals surface area contributed by atoms with Crippen LogP contribution in [0.5, 0.6) is 5.75 Å². The fourth-order valence-corrected chi connectivity index (χ4v) is 6.29. The molecule has 0 radical (unpaired) electrons. The Kier molecular flexibility index (Phi) is 11.4. The Morgan fingerprint density at radius 3 is 2.19 bits per heavy atom. The lowest BCUT2D eigenvalue weighted by Gasteiger charge is -2.24. The average Bonchev–Trinajstić information content (AvgIpc) is 3.60. The molecule has 1 aliphatic rings. The third kappa shape index (κ3) is 9.74. The van der Waals surface area contributed by atoms with Crippen molar-refractivity contribution in [3.63, 3.8) is 0 Å². The Bertz CT molecular complexity index is 1770. The Hall–Kier alpha value is -4.51. The number of rotatable bonds is 14. The number of primary sulfonamides is 1. The summed E-state index contributed by atoms with van der Waals surface area (Å²) in [6.45, 7) is 4.49. The number of ether oxygens (including phenoxy) is 1. The van der Waals surface area contributed by atoms with Crippen molar-refractivity contribution in [2.75, 3.05) is 39.8 Å². The zero-order chi connectivity index (χ0) is 33.2. The number of carbonyl (C=O) groups is 2. The number of nitrogens with zero attached hydrogens (tertiary/aromatic N) is 2. The van der Waals surface area contributed by atoms with E-state index >= 15 is 0 Å². The van der Waals surface area contributed by atoms with Gasteiger partial charge >= 0.3 is 0 Å². The summed E-state index contributed by atoms with van der Waals surface area (Å²) in [5.74, 6) is 0.602. The lowest BCUT2D eigenvalue weighted by Crippen LogP contribution is -2.33. The normalized spacial score (nSPS) is 13.3. The van der Waals surface area contributed by atoms with Gasteiger partial charge in [0.15, 0.2) is 0 Å². The summed E-state index contributed by atoms with van der Waals surface area (Å²) >= 11 is 0. The molecule has 0 spiro atoms. The van der Waals surface area contributed by atoms with Crippen LogP contribution < -0.4 is 15.2 Å². The third-order valence-electron chi connectivity index (χ3n) is 8.46. The van der Waals surface area contributed by atoms with Crippen molar-refractivity contribution < 1.29 is 22.7 Å². The van der Waals surface area contributed by atoms with E-state index in [0.29, 0.717) is 31.6 Å². The van der Waals surface area contributed by atoms with Gasteiger partial charge in [-0.15, -0.1) is 0 Å². The molecule has 0 atom stereocenters. The second kappa shape index (κ2) is 15.9. The molecule has 2 amide bonds. The summed E-state index contributed by atoms with van der Waals surface area (Å²) in [5, 5.41) is 8.30. The predicted molar refractivity (Wildman–Crippen MR) is 184 cm³/mol. The maximum atomic E-state index is 13.7. The van der Waals surface area contributed by atoms with Crippen LogP contribution >= 0.6 is 0 Å². The highest BCUT2D eigenvalue weighted by molar-refractivity contribution is 7.89. The minimum absolute atomic E-state index is 0.0330. The molecule has 0 aliphatic carbocycles. The molecular weight excluding hydrogens is 612 g/mol. The van der Waals surface area contributed by atoms with Crippen LogP contribution in [0.3, 0.4) is 0 Å². The highest BCUT2D eigenvalue weighted by Crippen LogP contribution is 2.23. The van der Waals surface area contributed by atoms with E-state index in [1.807, 2.05) is 71.6 Å². The first-order chi connectivity index (χ1) is 22.7. The first kappa shape index (κ1) is 33.8. The minimum Gasteiger partial charge on any atom is -0.497 e. The number of amides is 2. The summed E-state index contributed by atoms with van der Waals surface area (Å²) < 4.78 is 28.6. The van der Waals surface area contributed by atoms with E-state index in [9.17, 15) is 18.0 Å². The number of carbonyl (C=O) groups excluding carboxylic acids is 2. The van der Waals surface area contributed by atoms with E-state index in [1.165, 1.54) is 25.0 Å². The van der Waals surface area contributed by atoms with E-state index in [1.54, 1.807) is 19.2 Å². The van der Waals surface area contributed by atoms with Gasteiger partial charge in [-0.3, -0.25) is 9.59 Å². The number of hydrogen-bond acceptors (Lipinski definition) is 6. The number of hydrogen-bond donors (Lipinski definition) is 2. The lowest BCUT2D eigenvalue weighted by atomic mass is 10.0. The van der Waals surface area contributed by atoms with Gasteiger partial charge in [0.05, 0.1) is 18.4 Å². The molecule has 0 saturated carbocycles. The molecule has 4 aromatic carbocycles. The highest BCUT2D eigenvalue weighted by Gasteiger charge is 2.17. The summed E-state index contributed by atoms with van der Waals surface area (Å²) in [4.78, 5) is 30.8. The van der Waals surface area contributed by atoms with Crippen LogP contribution in [0, 0.1) is 0 Å². The Morgan fingerprint density at radius 1 is 0.851 bits per heavy atom. The van der Waals surface area contributed by atoms with Gasteiger partial charge in [0.1, 0.15) is 5.75 Å². The monoisotopic (exact) mass is 654 g/mol. The van der Waals surface area contributed by atoms with Crippen molar-refractivity contribution >= 4 is 21.8 Å². The molecule has 1 heterocycles. The number of benzene rings is 4. The first-order valence-corrected chi connectivity index (χ1v) is 17.4. The van der Waals surface area contributed by atoms with Crippen LogP contribution in [0.15, 0.2) is 102 Å². The second-order valence-corrected chi connectivity index (χ2v) is 13.4. The van der Waals surface area contributed by atoms with E-state index in [0.717, 1.165) is 53.2 Å². The molecule has 4 aromatic rings. The van der Waals surface area contributed by atoms with Crippen LogP contribution in [0.2, 0.25) is 0 Å². The zero-order valence-corrected chi connectivity index (χ0v) is 27.5. The third-order valence-corrected chi connectivity index (χ3v) is 9.39. The number of methoxy groups -OCH3 is 1. The Morgan fingerprint density at radius 2 is 1.51 bits per heavy atom. The van der Waals surface area contributed by atoms with E-state index in [2.05, 4.69) is 16.3 Å². The van der Waals surface area contributed by atoms with Gasteiger partial charge < -0.3 is 19.9 Å². The van der Waals surface area contributed by atoms with Gasteiger partial charge in [0, 0.05) is 31.7 Å². The van der Waals surface area contributed by atoms with Gasteiger partial charge in [0.25, 0.3) is 5.91 Å². The largest absolute Gasteiger partial charge is 0.497 e. The molecule has 9 nitrogen and oxygen atoms in total. The van der Waals surface area contributed by atoms with Crippen LogP contribution in [0.25, 0.3) is 11.1 Å². The molecule has 0 unspecified atom stereocenters. The molecule has 0 aromatic heterocycles. The molecule has 3 N–H and O–H groups in total. The fraction of sp³-hybridized carbons (Fsp3) is 0.297. The molecule has 1 saturated heterocycles. The van der Waals surface area contributed by atoms with Gasteiger partial charge in [-0.1, -0.05) is 54.6 Å². The SMILES string of the molecule is COc1ccc(CC(=O)N(CCc2ccc(S(N)(=O)=O)cc2)Cc2cccc(-c3cccc(C(=O)NCCN4CCCC4)c3)c2)cc1. The van der Waals surface area contributed by atoms with Gasteiger partial charge in [-0.05, 0) is 103 Å². The van der Waals surface area contributed by atoms with E-state index < -0.39 is 10.0 Å². The van der Waals surface area contributed by atoms with Gasteiger partial charge in [-0.25, -0.2) is 13.6 Å². The molecular formula is C37H42N4O5S. The smallest absolute Gasteiger partial charge is 0.251 e. The van der Waals surface area contributed by atoms with Crippen molar-refractivity contribution in [2.24, 2.45) is 5.14 Å². The van der Waals surface area contributed by atoms with Crippen molar-refractivity contribution in [1.29, 1.82) is 0 Å². The standard InChI is InChI=1S/C37H42N4O5S/c1-46-34-14-10-29(11-15-34)25-36(42)41(22-18-28-12-16-35(17-13-28)47(38,44)45)27-30-6-4-7-31(24-30)32-8-5-9-33(26-32)37(43)39-19-23-40-20-2-3-21-40/h4-17,24,26H,2-3,18-23,25,27H2,1H3,(H,39,43)(H2,38,44,45). The number of nitrogens with two attached hydrogens (primary N) is 1. The summed E-state index contributed by atoms with van der Waals surface area (Å²) in [7, 11) is -2.18. The van der Waals surface area contributed by atoms with Crippen molar-refractivity contribution in [3.05, 3.63) is 119 Å². The van der Waals surface area contributed by atoms with Crippen LogP contribution in [-0.2, 0) is 34.2 Å². The van der Waals surface area contributed by atoms with Gasteiger partial charge in [0.2, 0.25) is 15.9 Å². The maximum Gasteiger partial charge on any atom is 0.251 e. The molecule has 10 heteroatoms. The average molecular weight is 655 g/mol. The van der Waals surface area contributed by atoms with Crippen LogP contribution in [-0.4, -0.2) is 69.9 Å². The molecule has 47 heavy (non-hydrogen) atoms. The zero-order valence-electron chi connectivity index (χ0n) is 26.7. The first-order valence-electron chi connectivity index (χ1n) is 15.9. The molecule has 246 valence electrons. The lowest BCUT2D eigenvalue weighted by molar-refractivity contribution is -0.131. The summed E-state index contributed by atoms with van der Waals surface area (Å²) in [6.07, 6.45) is 3.21. The van der Waals surface area contributed by atoms with Crippen molar-refractivity contribution in [1.82, 2.24) is 15.1 Å². The van der Waals surface area contributed by atoms with E-state index in [-0.39, 0.29) is 23.1 Å².